The predicted molar refractivity (Wildman–Crippen MR) is 157 cm³/mol. The van der Waals surface area contributed by atoms with E-state index in [1.165, 1.54) is 19.3 Å². The number of ether oxygens (including phenoxy) is 1. The molecule has 1 aliphatic carbocycles. The summed E-state index contributed by atoms with van der Waals surface area (Å²) in [5.41, 5.74) is 4.36. The average Bonchev–Trinajstić information content (AvgIpc) is 2.95. The molecular weight excluding hydrogens is 470 g/mol. The maximum atomic E-state index is 14.0. The van der Waals surface area contributed by atoms with Gasteiger partial charge in [0.05, 0.1) is 16.8 Å². The van der Waals surface area contributed by atoms with Gasteiger partial charge in [0.25, 0.3) is 0 Å². The molecule has 0 bridgehead atoms. The van der Waals surface area contributed by atoms with E-state index in [1.54, 1.807) is 0 Å². The maximum Gasteiger partial charge on any atom is 0.339 e. The Kier molecular flexibility index (Phi) is 10.3. The number of benzene rings is 2. The molecule has 0 aliphatic heterocycles. The monoisotopic (exact) mass is 515 g/mol. The van der Waals surface area contributed by atoms with Crippen molar-refractivity contribution in [3.05, 3.63) is 65.7 Å². The number of para-hydroxylation sites is 1. The van der Waals surface area contributed by atoms with Gasteiger partial charge in [-0.1, -0.05) is 81.6 Å². The smallest absolute Gasteiger partial charge is 0.339 e. The lowest BCUT2D eigenvalue weighted by molar-refractivity contribution is 0.0141. The Morgan fingerprint density at radius 3 is 2.37 bits per heavy atom. The fourth-order valence-electron chi connectivity index (χ4n) is 5.85. The highest BCUT2D eigenvalue weighted by molar-refractivity contribution is 6.06. The highest BCUT2D eigenvalue weighted by Crippen LogP contribution is 2.33. The molecule has 1 saturated carbocycles. The van der Waals surface area contributed by atoms with Crippen molar-refractivity contribution in [1.29, 1.82) is 0 Å². The van der Waals surface area contributed by atoms with Crippen LogP contribution in [-0.2, 0) is 11.3 Å². The minimum Gasteiger partial charge on any atom is -0.459 e. The fourth-order valence-corrected chi connectivity index (χ4v) is 5.85. The van der Waals surface area contributed by atoms with Gasteiger partial charge >= 0.3 is 5.97 Å². The van der Waals surface area contributed by atoms with Crippen LogP contribution in [0.2, 0.25) is 0 Å². The number of hydrogen-bond acceptors (Lipinski definition) is 5. The van der Waals surface area contributed by atoms with E-state index in [9.17, 15) is 4.79 Å². The van der Waals surface area contributed by atoms with Crippen molar-refractivity contribution in [3.63, 3.8) is 0 Å². The second-order valence-electron chi connectivity index (χ2n) is 10.8. The van der Waals surface area contributed by atoms with Crippen molar-refractivity contribution in [2.45, 2.75) is 71.9 Å². The minimum absolute atomic E-state index is 0.0884. The molecule has 0 spiro atoms. The lowest BCUT2D eigenvalue weighted by Gasteiger charge is -2.28. The second-order valence-corrected chi connectivity index (χ2v) is 10.8. The topological polar surface area (TPSA) is 45.7 Å². The van der Waals surface area contributed by atoms with Gasteiger partial charge in [0.2, 0.25) is 0 Å². The van der Waals surface area contributed by atoms with E-state index in [1.807, 2.05) is 42.5 Å². The summed E-state index contributed by atoms with van der Waals surface area (Å²) >= 11 is 0. The molecule has 38 heavy (non-hydrogen) atoms. The summed E-state index contributed by atoms with van der Waals surface area (Å²) in [7, 11) is 2.14. The van der Waals surface area contributed by atoms with Crippen molar-refractivity contribution >= 4 is 16.9 Å². The molecule has 4 rings (SSSR count). The Morgan fingerprint density at radius 1 is 0.974 bits per heavy atom. The minimum atomic E-state index is -0.217. The second kappa shape index (κ2) is 13.9. The molecular formula is C33H45N3O2. The molecule has 0 saturated heterocycles. The third-order valence-corrected chi connectivity index (χ3v) is 8.19. The quantitative estimate of drug-likeness (QED) is 0.239. The van der Waals surface area contributed by atoms with Crippen LogP contribution in [0, 0.1) is 5.92 Å². The third kappa shape index (κ3) is 7.00. The number of nitrogens with zero attached hydrogens (tertiary/aromatic N) is 3. The fraction of sp³-hybridized carbons (Fsp3) is 0.515. The van der Waals surface area contributed by atoms with E-state index in [4.69, 9.17) is 9.72 Å². The standard InChI is InChI=1S/C33H45N3O2/c1-5-36(6-2)23-15-22-35(4)24-29-31(33(37)38-25(3)26-16-9-7-10-17-26)28-20-13-14-21-30(28)34-32(29)27-18-11-8-12-19-27/h8,11-14,18-21,25-26H,5-7,9-10,15-17,22-24H2,1-4H3. The molecule has 3 aromatic rings. The summed E-state index contributed by atoms with van der Waals surface area (Å²) in [5, 5.41) is 0.875. The number of fused-ring (bicyclic) bond motifs is 1. The molecule has 1 heterocycles. The molecule has 5 heteroatoms. The summed E-state index contributed by atoms with van der Waals surface area (Å²) in [4.78, 5) is 23.9. The molecule has 2 aromatic carbocycles. The number of rotatable bonds is 12. The van der Waals surface area contributed by atoms with E-state index in [2.05, 4.69) is 49.8 Å². The Balaban J connectivity index is 1.70. The molecule has 204 valence electrons. The highest BCUT2D eigenvalue weighted by Gasteiger charge is 2.28. The van der Waals surface area contributed by atoms with Crippen LogP contribution in [0.5, 0.6) is 0 Å². The van der Waals surface area contributed by atoms with Crippen LogP contribution < -0.4 is 0 Å². The van der Waals surface area contributed by atoms with E-state index in [0.29, 0.717) is 18.0 Å². The average molecular weight is 516 g/mol. The summed E-state index contributed by atoms with van der Waals surface area (Å²) < 4.78 is 6.25. The van der Waals surface area contributed by atoms with Gasteiger partial charge < -0.3 is 14.5 Å². The molecule has 1 fully saturated rings. The van der Waals surface area contributed by atoms with Crippen LogP contribution in [-0.4, -0.2) is 60.1 Å². The molecule has 0 radical (unpaired) electrons. The number of carbonyl (C=O) groups is 1. The highest BCUT2D eigenvalue weighted by atomic mass is 16.5. The van der Waals surface area contributed by atoms with Crippen LogP contribution >= 0.6 is 0 Å². The lowest BCUT2D eigenvalue weighted by Crippen LogP contribution is -2.29. The van der Waals surface area contributed by atoms with Gasteiger partial charge in [-0.05, 0) is 71.4 Å². The number of pyridine rings is 1. The van der Waals surface area contributed by atoms with Crippen molar-refractivity contribution in [2.24, 2.45) is 5.92 Å². The first kappa shape index (κ1) is 28.3. The Morgan fingerprint density at radius 2 is 1.66 bits per heavy atom. The van der Waals surface area contributed by atoms with E-state index in [-0.39, 0.29) is 12.1 Å². The van der Waals surface area contributed by atoms with Gasteiger partial charge in [-0.25, -0.2) is 9.78 Å². The SMILES string of the molecule is CCN(CC)CCCN(C)Cc1c(-c2ccccc2)nc2ccccc2c1C(=O)OC(C)C1CCCCC1. The first-order valence-electron chi connectivity index (χ1n) is 14.6. The van der Waals surface area contributed by atoms with E-state index < -0.39 is 0 Å². The summed E-state index contributed by atoms with van der Waals surface area (Å²) in [5.74, 6) is 0.228. The molecule has 0 N–H and O–H groups in total. The Hall–Kier alpha value is -2.76. The molecule has 5 nitrogen and oxygen atoms in total. The van der Waals surface area contributed by atoms with Gasteiger partial charge in [-0.15, -0.1) is 0 Å². The van der Waals surface area contributed by atoms with E-state index >= 15 is 0 Å². The van der Waals surface area contributed by atoms with Gasteiger partial charge in [-0.3, -0.25) is 0 Å². The Labute approximate surface area is 229 Å². The van der Waals surface area contributed by atoms with Crippen LogP contribution in [0.15, 0.2) is 54.6 Å². The molecule has 0 amide bonds. The molecule has 1 aromatic heterocycles. The van der Waals surface area contributed by atoms with Crippen molar-refractivity contribution in [2.75, 3.05) is 33.2 Å². The van der Waals surface area contributed by atoms with Gasteiger partial charge in [0.15, 0.2) is 0 Å². The number of aromatic nitrogens is 1. The van der Waals surface area contributed by atoms with Crippen molar-refractivity contribution in [1.82, 2.24) is 14.8 Å². The first-order valence-corrected chi connectivity index (χ1v) is 14.6. The van der Waals surface area contributed by atoms with Crippen LogP contribution in [0.25, 0.3) is 22.2 Å². The zero-order chi connectivity index (χ0) is 26.9. The lowest BCUT2D eigenvalue weighted by atomic mass is 9.86. The number of esters is 1. The zero-order valence-corrected chi connectivity index (χ0v) is 23.8. The van der Waals surface area contributed by atoms with Gasteiger partial charge in [0, 0.05) is 23.1 Å². The molecule has 1 aliphatic rings. The maximum absolute atomic E-state index is 14.0. The zero-order valence-electron chi connectivity index (χ0n) is 23.8. The van der Waals surface area contributed by atoms with E-state index in [0.717, 1.165) is 73.2 Å². The largest absolute Gasteiger partial charge is 0.459 e. The van der Waals surface area contributed by atoms with Crippen molar-refractivity contribution in [3.8, 4) is 11.3 Å². The number of hydrogen-bond donors (Lipinski definition) is 0. The van der Waals surface area contributed by atoms with Crippen LogP contribution in [0.4, 0.5) is 0 Å². The molecule has 1 unspecified atom stereocenters. The summed E-state index contributed by atoms with van der Waals surface area (Å²) in [6, 6.07) is 18.3. The summed E-state index contributed by atoms with van der Waals surface area (Å²) in [6.07, 6.45) is 7.02. The first-order chi connectivity index (χ1) is 18.5. The number of carbonyl (C=O) groups excluding carboxylic acids is 1. The van der Waals surface area contributed by atoms with Crippen LogP contribution in [0.3, 0.4) is 0 Å². The normalized spacial score (nSPS) is 15.3. The Bertz CT molecular complexity index is 1170. The molecule has 1 atom stereocenters. The third-order valence-electron chi connectivity index (χ3n) is 8.19. The van der Waals surface area contributed by atoms with Gasteiger partial charge in [-0.2, -0.15) is 0 Å². The van der Waals surface area contributed by atoms with Gasteiger partial charge in [0.1, 0.15) is 6.10 Å². The summed E-state index contributed by atoms with van der Waals surface area (Å²) in [6.45, 7) is 11.3. The van der Waals surface area contributed by atoms with Crippen molar-refractivity contribution < 1.29 is 9.53 Å². The predicted octanol–water partition coefficient (Wildman–Crippen LogP) is 7.19. The van der Waals surface area contributed by atoms with Crippen LogP contribution in [0.1, 0.15) is 75.2 Å².